The summed E-state index contributed by atoms with van der Waals surface area (Å²) in [5, 5.41) is 0.482. The van der Waals surface area contributed by atoms with Crippen molar-refractivity contribution in [1.82, 2.24) is 4.90 Å². The standard InChI is InChI=1S/C37H36N2S/c1-3-38(4-2)27-28-21-23-29(24-22-28)36-26-30(14-12-17-33-25-31-13-8-11-20-37(31)40-33)34-18-9-10-19-35(34)39(36)32-15-6-5-7-16-32/h5-24,26,33H,3-4,25,27H2,1-2H3/b17-12+,30-14-. The molecule has 40 heavy (non-hydrogen) atoms. The van der Waals surface area contributed by atoms with Gasteiger partial charge in [0.25, 0.3) is 0 Å². The molecule has 200 valence electrons. The minimum Gasteiger partial charge on any atom is -0.309 e. The first-order valence-electron chi connectivity index (χ1n) is 14.3. The Morgan fingerprint density at radius 1 is 0.825 bits per heavy atom. The molecule has 0 spiro atoms. The van der Waals surface area contributed by atoms with E-state index in [4.69, 9.17) is 0 Å². The van der Waals surface area contributed by atoms with Crippen molar-refractivity contribution in [2.24, 2.45) is 0 Å². The highest BCUT2D eigenvalue weighted by Gasteiger charge is 2.25. The average molecular weight is 541 g/mol. The lowest BCUT2D eigenvalue weighted by Gasteiger charge is -2.34. The third-order valence-corrected chi connectivity index (χ3v) is 9.11. The Kier molecular flexibility index (Phi) is 8.04. The van der Waals surface area contributed by atoms with Crippen LogP contribution < -0.4 is 4.90 Å². The van der Waals surface area contributed by atoms with Gasteiger partial charge in [0.15, 0.2) is 0 Å². The molecule has 0 saturated carbocycles. The maximum Gasteiger partial charge on any atom is 0.0540 e. The molecule has 4 aromatic rings. The molecule has 2 heterocycles. The van der Waals surface area contributed by atoms with Gasteiger partial charge in [-0.05, 0) is 72.1 Å². The van der Waals surface area contributed by atoms with E-state index in [1.807, 2.05) is 11.8 Å². The number of anilines is 2. The number of nitrogens with zero attached hydrogens (tertiary/aromatic N) is 2. The van der Waals surface area contributed by atoms with E-state index in [2.05, 4.69) is 151 Å². The molecule has 0 saturated heterocycles. The summed E-state index contributed by atoms with van der Waals surface area (Å²) in [6.07, 6.45) is 10.4. The van der Waals surface area contributed by atoms with Crippen LogP contribution in [0.3, 0.4) is 0 Å². The molecule has 2 aliphatic heterocycles. The molecular weight excluding hydrogens is 504 g/mol. The maximum absolute atomic E-state index is 2.45. The van der Waals surface area contributed by atoms with Gasteiger partial charge in [-0.1, -0.05) is 111 Å². The second-order valence-electron chi connectivity index (χ2n) is 10.4. The highest BCUT2D eigenvalue weighted by Crippen LogP contribution is 2.44. The van der Waals surface area contributed by atoms with Crippen LogP contribution in [0, 0.1) is 0 Å². The lowest BCUT2D eigenvalue weighted by Crippen LogP contribution is -2.22. The molecule has 0 bridgehead atoms. The Hall–Kier alpha value is -3.79. The molecule has 4 aromatic carbocycles. The Balaban J connectivity index is 1.37. The zero-order chi connectivity index (χ0) is 27.3. The minimum atomic E-state index is 0.482. The summed E-state index contributed by atoms with van der Waals surface area (Å²) in [4.78, 5) is 6.27. The first-order chi connectivity index (χ1) is 19.7. The number of hydrogen-bond donors (Lipinski definition) is 0. The SMILES string of the molecule is CCN(CC)Cc1ccc(C2=C/C(=C/C=C/C3Cc4ccccc4S3)c3ccccc3N2c2ccccc2)cc1. The van der Waals surface area contributed by atoms with Crippen molar-refractivity contribution in [1.29, 1.82) is 0 Å². The summed E-state index contributed by atoms with van der Waals surface area (Å²) < 4.78 is 0. The van der Waals surface area contributed by atoms with Crippen LogP contribution in [-0.4, -0.2) is 23.2 Å². The number of rotatable bonds is 8. The number of hydrogen-bond acceptors (Lipinski definition) is 3. The van der Waals surface area contributed by atoms with Gasteiger partial charge in [0.05, 0.1) is 11.4 Å². The average Bonchev–Trinajstić information content (AvgIpc) is 3.43. The van der Waals surface area contributed by atoms with Gasteiger partial charge in [-0.25, -0.2) is 0 Å². The first kappa shape index (κ1) is 26.4. The molecular formula is C37H36N2S. The van der Waals surface area contributed by atoms with E-state index in [1.54, 1.807) is 0 Å². The van der Waals surface area contributed by atoms with Crippen molar-refractivity contribution >= 4 is 34.4 Å². The van der Waals surface area contributed by atoms with Crippen LogP contribution in [0.1, 0.15) is 36.1 Å². The summed E-state index contributed by atoms with van der Waals surface area (Å²) in [7, 11) is 0. The van der Waals surface area contributed by atoms with Crippen molar-refractivity contribution < 1.29 is 0 Å². The second-order valence-corrected chi connectivity index (χ2v) is 11.6. The molecule has 3 heteroatoms. The Morgan fingerprint density at radius 2 is 1.55 bits per heavy atom. The third kappa shape index (κ3) is 5.58. The van der Waals surface area contributed by atoms with Crippen molar-refractivity contribution in [2.75, 3.05) is 18.0 Å². The lowest BCUT2D eigenvalue weighted by molar-refractivity contribution is 0.296. The van der Waals surface area contributed by atoms with Crippen LogP contribution in [-0.2, 0) is 13.0 Å². The Morgan fingerprint density at radius 3 is 2.33 bits per heavy atom. The second kappa shape index (κ2) is 12.2. The summed E-state index contributed by atoms with van der Waals surface area (Å²) in [6, 6.07) is 37.4. The predicted molar refractivity (Wildman–Crippen MR) is 173 cm³/mol. The molecule has 6 rings (SSSR count). The fourth-order valence-electron chi connectivity index (χ4n) is 5.62. The van der Waals surface area contributed by atoms with Gasteiger partial charge in [0, 0.05) is 27.9 Å². The van der Waals surface area contributed by atoms with Crippen LogP contribution in [0.5, 0.6) is 0 Å². The smallest absolute Gasteiger partial charge is 0.0540 e. The van der Waals surface area contributed by atoms with Gasteiger partial charge in [-0.2, -0.15) is 0 Å². The van der Waals surface area contributed by atoms with E-state index in [0.29, 0.717) is 5.25 Å². The normalized spacial score (nSPS) is 17.4. The van der Waals surface area contributed by atoms with E-state index in [-0.39, 0.29) is 0 Å². The highest BCUT2D eigenvalue weighted by atomic mass is 32.2. The molecule has 1 atom stereocenters. The molecule has 0 amide bonds. The summed E-state index contributed by atoms with van der Waals surface area (Å²) >= 11 is 1.97. The van der Waals surface area contributed by atoms with Crippen LogP contribution in [0.25, 0.3) is 11.3 Å². The molecule has 2 aliphatic rings. The van der Waals surface area contributed by atoms with Gasteiger partial charge in [0.1, 0.15) is 0 Å². The van der Waals surface area contributed by atoms with E-state index < -0.39 is 0 Å². The molecule has 0 N–H and O–H groups in total. The number of fused-ring (bicyclic) bond motifs is 2. The molecule has 0 aliphatic carbocycles. The topological polar surface area (TPSA) is 6.48 Å². The number of benzene rings is 4. The first-order valence-corrected chi connectivity index (χ1v) is 15.2. The van der Waals surface area contributed by atoms with Crippen molar-refractivity contribution in [3.05, 3.63) is 150 Å². The van der Waals surface area contributed by atoms with Gasteiger partial charge in [-0.15, -0.1) is 11.8 Å². The van der Waals surface area contributed by atoms with Crippen LogP contribution >= 0.6 is 11.8 Å². The van der Waals surface area contributed by atoms with Crippen molar-refractivity contribution in [3.8, 4) is 0 Å². The van der Waals surface area contributed by atoms with Gasteiger partial charge in [-0.3, -0.25) is 4.90 Å². The fourth-order valence-corrected chi connectivity index (χ4v) is 6.84. The quantitative estimate of drug-likeness (QED) is 0.220. The zero-order valence-corrected chi connectivity index (χ0v) is 24.1. The van der Waals surface area contributed by atoms with E-state index >= 15 is 0 Å². The van der Waals surface area contributed by atoms with Gasteiger partial charge < -0.3 is 4.90 Å². The van der Waals surface area contributed by atoms with E-state index in [1.165, 1.54) is 49.8 Å². The maximum atomic E-state index is 2.45. The number of allylic oxidation sites excluding steroid dienone is 4. The highest BCUT2D eigenvalue weighted by molar-refractivity contribution is 8.00. The molecule has 0 aromatic heterocycles. The van der Waals surface area contributed by atoms with Crippen LogP contribution in [0.15, 0.2) is 132 Å². The van der Waals surface area contributed by atoms with Crippen molar-refractivity contribution in [3.63, 3.8) is 0 Å². The fraction of sp³-hybridized carbons (Fsp3) is 0.189. The Bertz CT molecular complexity index is 1520. The summed E-state index contributed by atoms with van der Waals surface area (Å²) in [5.74, 6) is 0. The van der Waals surface area contributed by atoms with Crippen LogP contribution in [0.4, 0.5) is 11.4 Å². The Labute approximate surface area is 243 Å². The minimum absolute atomic E-state index is 0.482. The van der Waals surface area contributed by atoms with E-state index in [9.17, 15) is 0 Å². The summed E-state index contributed by atoms with van der Waals surface area (Å²) in [6.45, 7) is 7.57. The third-order valence-electron chi connectivity index (χ3n) is 7.83. The lowest BCUT2D eigenvalue weighted by atomic mass is 9.93. The number of thioether (sulfide) groups is 1. The van der Waals surface area contributed by atoms with Crippen LogP contribution in [0.2, 0.25) is 0 Å². The largest absolute Gasteiger partial charge is 0.309 e. The molecule has 0 fully saturated rings. The zero-order valence-electron chi connectivity index (χ0n) is 23.3. The summed E-state index contributed by atoms with van der Waals surface area (Å²) in [5.41, 5.74) is 10.1. The van der Waals surface area contributed by atoms with Gasteiger partial charge in [0.2, 0.25) is 0 Å². The molecule has 0 radical (unpaired) electrons. The predicted octanol–water partition coefficient (Wildman–Crippen LogP) is 9.38. The molecule has 2 nitrogen and oxygen atoms in total. The number of para-hydroxylation sites is 2. The monoisotopic (exact) mass is 540 g/mol. The van der Waals surface area contributed by atoms with E-state index in [0.717, 1.165) is 26.1 Å². The van der Waals surface area contributed by atoms with Crippen molar-refractivity contribution in [2.45, 2.75) is 37.0 Å². The molecule has 1 unspecified atom stereocenters. The van der Waals surface area contributed by atoms with Gasteiger partial charge >= 0.3 is 0 Å².